The summed E-state index contributed by atoms with van der Waals surface area (Å²) in [5.74, 6) is 1.32. The maximum absolute atomic E-state index is 12.7. The molecule has 6 nitrogen and oxygen atoms in total. The van der Waals surface area contributed by atoms with Gasteiger partial charge in [-0.1, -0.05) is 24.3 Å². The number of rotatable bonds is 3. The van der Waals surface area contributed by atoms with Gasteiger partial charge in [-0.15, -0.1) is 0 Å². The number of benzene rings is 2. The molecule has 1 aliphatic heterocycles. The number of ether oxygens (including phenoxy) is 2. The molecule has 2 aromatic carbocycles. The predicted molar refractivity (Wildman–Crippen MR) is 106 cm³/mol. The third-order valence-corrected chi connectivity index (χ3v) is 4.35. The molecule has 0 saturated carbocycles. The van der Waals surface area contributed by atoms with Gasteiger partial charge in [-0.3, -0.25) is 4.79 Å². The molecule has 148 valence electrons. The number of fused-ring (bicyclic) bond motifs is 1. The maximum Gasteiger partial charge on any atom is 0.408 e. The van der Waals surface area contributed by atoms with Gasteiger partial charge in [0.1, 0.15) is 23.1 Å². The van der Waals surface area contributed by atoms with Crippen molar-refractivity contribution in [3.63, 3.8) is 0 Å². The molecule has 1 N–H and O–H groups in total. The molecule has 0 bridgehead atoms. The number of nitrogens with zero attached hydrogens (tertiary/aromatic N) is 1. The zero-order valence-corrected chi connectivity index (χ0v) is 16.7. The van der Waals surface area contributed by atoms with Crippen LogP contribution in [0.3, 0.4) is 0 Å². The van der Waals surface area contributed by atoms with Crippen molar-refractivity contribution < 1.29 is 19.1 Å². The Kier molecular flexibility index (Phi) is 5.58. The van der Waals surface area contributed by atoms with Crippen LogP contribution in [0.5, 0.6) is 11.5 Å². The highest BCUT2D eigenvalue weighted by atomic mass is 16.6. The topological polar surface area (TPSA) is 67.9 Å². The summed E-state index contributed by atoms with van der Waals surface area (Å²) >= 11 is 0. The molecule has 0 aromatic heterocycles. The van der Waals surface area contributed by atoms with Crippen molar-refractivity contribution in [3.05, 3.63) is 59.7 Å². The van der Waals surface area contributed by atoms with E-state index in [1.165, 1.54) is 0 Å². The number of amides is 2. The Morgan fingerprint density at radius 3 is 2.46 bits per heavy atom. The van der Waals surface area contributed by atoms with Gasteiger partial charge in [0, 0.05) is 20.0 Å². The average Bonchev–Trinajstić information content (AvgIpc) is 2.72. The summed E-state index contributed by atoms with van der Waals surface area (Å²) in [4.78, 5) is 26.5. The van der Waals surface area contributed by atoms with E-state index in [4.69, 9.17) is 9.47 Å². The summed E-state index contributed by atoms with van der Waals surface area (Å²) in [5, 5.41) is 2.71. The number of hydrogen-bond acceptors (Lipinski definition) is 4. The Labute approximate surface area is 165 Å². The first-order valence-electron chi connectivity index (χ1n) is 9.30. The lowest BCUT2D eigenvalue weighted by Gasteiger charge is -2.24. The van der Waals surface area contributed by atoms with Crippen LogP contribution in [0.2, 0.25) is 0 Å². The maximum atomic E-state index is 12.7. The summed E-state index contributed by atoms with van der Waals surface area (Å²) in [5.41, 5.74) is 1.38. The molecule has 0 saturated heterocycles. The zero-order chi connectivity index (χ0) is 20.3. The standard InChI is InChI=1S/C22H26N2O4/c1-22(2,3)28-21(26)23-19-13-15-10-11-18(27-17-8-6-5-7-9-17)12-16(15)14-24(4)20(19)25/h5-12,19H,13-14H2,1-4H3,(H,23,26). The van der Waals surface area contributed by atoms with Gasteiger partial charge in [-0.05, 0) is 56.2 Å². The lowest BCUT2D eigenvalue weighted by Crippen LogP contribution is -2.48. The fourth-order valence-corrected chi connectivity index (χ4v) is 3.11. The predicted octanol–water partition coefficient (Wildman–Crippen LogP) is 3.89. The largest absolute Gasteiger partial charge is 0.457 e. The second kappa shape index (κ2) is 7.92. The first-order valence-corrected chi connectivity index (χ1v) is 9.30. The number of carbonyl (C=O) groups excluding carboxylic acids is 2. The van der Waals surface area contributed by atoms with Gasteiger partial charge in [0.05, 0.1) is 0 Å². The molecule has 0 radical (unpaired) electrons. The Bertz CT molecular complexity index is 859. The van der Waals surface area contributed by atoms with Crippen LogP contribution in [0.15, 0.2) is 48.5 Å². The van der Waals surface area contributed by atoms with E-state index in [-0.39, 0.29) is 5.91 Å². The number of hydrogen-bond donors (Lipinski definition) is 1. The molecule has 0 fully saturated rings. The smallest absolute Gasteiger partial charge is 0.408 e. The molecular weight excluding hydrogens is 356 g/mol. The SMILES string of the molecule is CN1Cc2cc(Oc3ccccc3)ccc2CC(NC(=O)OC(C)(C)C)C1=O. The fourth-order valence-electron chi connectivity index (χ4n) is 3.11. The van der Waals surface area contributed by atoms with E-state index in [1.807, 2.05) is 48.5 Å². The minimum absolute atomic E-state index is 0.146. The molecule has 1 aliphatic rings. The molecule has 2 amide bonds. The third kappa shape index (κ3) is 5.03. The van der Waals surface area contributed by atoms with Crippen LogP contribution in [0.25, 0.3) is 0 Å². The Morgan fingerprint density at radius 2 is 1.79 bits per heavy atom. The summed E-state index contributed by atoms with van der Waals surface area (Å²) in [6, 6.07) is 14.7. The van der Waals surface area contributed by atoms with Crippen molar-refractivity contribution in [2.45, 2.75) is 45.4 Å². The van der Waals surface area contributed by atoms with E-state index in [0.29, 0.717) is 18.7 Å². The van der Waals surface area contributed by atoms with E-state index in [1.54, 1.807) is 32.7 Å². The lowest BCUT2D eigenvalue weighted by atomic mass is 10.0. The number of likely N-dealkylation sites (N-methyl/N-ethyl adjacent to an activating group) is 1. The van der Waals surface area contributed by atoms with Crippen LogP contribution in [0.4, 0.5) is 4.79 Å². The van der Waals surface area contributed by atoms with Gasteiger partial charge in [-0.25, -0.2) is 4.79 Å². The highest BCUT2D eigenvalue weighted by molar-refractivity contribution is 5.86. The van der Waals surface area contributed by atoms with E-state index in [9.17, 15) is 9.59 Å². The van der Waals surface area contributed by atoms with Crippen molar-refractivity contribution in [3.8, 4) is 11.5 Å². The third-order valence-electron chi connectivity index (χ3n) is 4.35. The molecule has 2 aromatic rings. The molecule has 0 aliphatic carbocycles. The molecule has 0 spiro atoms. The van der Waals surface area contributed by atoms with Gasteiger partial charge in [-0.2, -0.15) is 0 Å². The quantitative estimate of drug-likeness (QED) is 0.875. The van der Waals surface area contributed by atoms with Crippen molar-refractivity contribution in [2.24, 2.45) is 0 Å². The molecule has 28 heavy (non-hydrogen) atoms. The number of para-hydroxylation sites is 1. The first kappa shape index (κ1) is 19.7. The van der Waals surface area contributed by atoms with Crippen LogP contribution in [0.1, 0.15) is 31.9 Å². The van der Waals surface area contributed by atoms with E-state index in [0.717, 1.165) is 16.9 Å². The number of nitrogens with one attached hydrogen (secondary N) is 1. The minimum atomic E-state index is -0.665. The second-order valence-corrected chi connectivity index (χ2v) is 7.94. The summed E-state index contributed by atoms with van der Waals surface area (Å²) in [7, 11) is 1.73. The lowest BCUT2D eigenvalue weighted by molar-refractivity contribution is -0.132. The molecule has 3 rings (SSSR count). The van der Waals surface area contributed by atoms with Crippen molar-refractivity contribution >= 4 is 12.0 Å². The van der Waals surface area contributed by atoms with Crippen LogP contribution in [-0.4, -0.2) is 35.6 Å². The summed E-state index contributed by atoms with van der Waals surface area (Å²) in [6.45, 7) is 5.82. The minimum Gasteiger partial charge on any atom is -0.457 e. The van der Waals surface area contributed by atoms with E-state index in [2.05, 4.69) is 5.32 Å². The van der Waals surface area contributed by atoms with Gasteiger partial charge in [0.25, 0.3) is 0 Å². The molecule has 1 unspecified atom stereocenters. The van der Waals surface area contributed by atoms with Gasteiger partial charge in [0.15, 0.2) is 0 Å². The van der Waals surface area contributed by atoms with Crippen LogP contribution in [0, 0.1) is 0 Å². The van der Waals surface area contributed by atoms with E-state index < -0.39 is 17.7 Å². The molecule has 1 heterocycles. The Hall–Kier alpha value is -3.02. The summed E-state index contributed by atoms with van der Waals surface area (Å²) < 4.78 is 11.2. The monoisotopic (exact) mass is 382 g/mol. The van der Waals surface area contributed by atoms with Gasteiger partial charge < -0.3 is 19.7 Å². The second-order valence-electron chi connectivity index (χ2n) is 7.94. The van der Waals surface area contributed by atoms with Crippen molar-refractivity contribution in [2.75, 3.05) is 7.05 Å². The first-order chi connectivity index (χ1) is 13.2. The highest BCUT2D eigenvalue weighted by Gasteiger charge is 2.30. The van der Waals surface area contributed by atoms with E-state index >= 15 is 0 Å². The van der Waals surface area contributed by atoms with Crippen LogP contribution < -0.4 is 10.1 Å². The molecular formula is C22H26N2O4. The van der Waals surface area contributed by atoms with Gasteiger partial charge >= 0.3 is 6.09 Å². The number of carbonyl (C=O) groups is 2. The molecule has 6 heteroatoms. The van der Waals surface area contributed by atoms with Crippen molar-refractivity contribution in [1.82, 2.24) is 10.2 Å². The fraction of sp³-hybridized carbons (Fsp3) is 0.364. The average molecular weight is 382 g/mol. The highest BCUT2D eigenvalue weighted by Crippen LogP contribution is 2.27. The zero-order valence-electron chi connectivity index (χ0n) is 16.7. The van der Waals surface area contributed by atoms with Crippen molar-refractivity contribution in [1.29, 1.82) is 0 Å². The van der Waals surface area contributed by atoms with Crippen LogP contribution >= 0.6 is 0 Å². The Morgan fingerprint density at radius 1 is 1.07 bits per heavy atom. The summed E-state index contributed by atoms with van der Waals surface area (Å²) in [6.07, 6.45) is -0.185. The normalized spacial score (nSPS) is 16.8. The van der Waals surface area contributed by atoms with Crippen LogP contribution in [-0.2, 0) is 22.5 Å². The van der Waals surface area contributed by atoms with Gasteiger partial charge in [0.2, 0.25) is 5.91 Å². The molecule has 1 atom stereocenters. The Balaban J connectivity index is 1.78. The number of alkyl carbamates (subject to hydrolysis) is 1.